The normalized spacial score (nSPS) is 13.4. The van der Waals surface area contributed by atoms with Gasteiger partial charge >= 0.3 is 0 Å². The third-order valence-corrected chi connectivity index (χ3v) is 7.05. The maximum Gasteiger partial charge on any atom is 0.241 e. The van der Waals surface area contributed by atoms with Crippen molar-refractivity contribution in [3.05, 3.63) is 72.1 Å². The summed E-state index contributed by atoms with van der Waals surface area (Å²) >= 11 is 0. The van der Waals surface area contributed by atoms with Crippen molar-refractivity contribution in [2.45, 2.75) is 43.2 Å². The van der Waals surface area contributed by atoms with E-state index in [0.29, 0.717) is 17.4 Å². The summed E-state index contributed by atoms with van der Waals surface area (Å²) in [4.78, 5) is 29.1. The Morgan fingerprint density at radius 1 is 1.03 bits per heavy atom. The first-order valence-electron chi connectivity index (χ1n) is 10.9. The number of sulfonamides is 1. The molecule has 0 fully saturated rings. The molecule has 0 aliphatic carbocycles. The summed E-state index contributed by atoms with van der Waals surface area (Å²) in [5.41, 5.74) is 12.7. The minimum Gasteiger partial charge on any atom is -0.368 e. The van der Waals surface area contributed by atoms with Gasteiger partial charge in [0, 0.05) is 24.2 Å². The number of aryl methyl sites for hydroxylation is 1. The van der Waals surface area contributed by atoms with E-state index in [2.05, 4.69) is 15.0 Å². The molecule has 6 N–H and O–H groups in total. The second-order valence-corrected chi connectivity index (χ2v) is 9.74. The molecule has 1 aromatic heterocycles. The van der Waals surface area contributed by atoms with Gasteiger partial charge in [0.25, 0.3) is 0 Å². The van der Waals surface area contributed by atoms with Gasteiger partial charge in [0.1, 0.15) is 12.1 Å². The van der Waals surface area contributed by atoms with Crippen LogP contribution in [0.5, 0.6) is 0 Å². The Kier molecular flexibility index (Phi) is 8.32. The lowest BCUT2D eigenvalue weighted by Gasteiger charge is -2.22. The zero-order chi connectivity index (χ0) is 24.7. The first kappa shape index (κ1) is 25.3. The van der Waals surface area contributed by atoms with Crippen molar-refractivity contribution < 1.29 is 18.0 Å². The summed E-state index contributed by atoms with van der Waals surface area (Å²) in [5.74, 6) is -1.39. The van der Waals surface area contributed by atoms with Crippen molar-refractivity contribution in [3.63, 3.8) is 0 Å². The molecular weight excluding hydrogens is 454 g/mol. The van der Waals surface area contributed by atoms with Crippen molar-refractivity contribution in [2.75, 3.05) is 6.54 Å². The van der Waals surface area contributed by atoms with E-state index in [-0.39, 0.29) is 24.3 Å². The Balaban J connectivity index is 1.85. The molecular formula is C24H29N5O4S. The molecule has 1 heterocycles. The van der Waals surface area contributed by atoms with Gasteiger partial charge in [0.15, 0.2) is 0 Å². The highest BCUT2D eigenvalue weighted by Crippen LogP contribution is 2.26. The molecule has 0 saturated carbocycles. The molecule has 0 spiro atoms. The van der Waals surface area contributed by atoms with Crippen LogP contribution in [-0.2, 0) is 26.0 Å². The Labute approximate surface area is 199 Å². The van der Waals surface area contributed by atoms with Crippen molar-refractivity contribution in [1.82, 2.24) is 15.0 Å². The number of nitrogens with two attached hydrogens (primary N) is 2. The third-order valence-electron chi connectivity index (χ3n) is 5.52. The Bertz CT molecular complexity index is 1260. The molecule has 0 saturated heterocycles. The van der Waals surface area contributed by atoms with Gasteiger partial charge in [0.05, 0.1) is 4.90 Å². The SMILES string of the molecule is Cc1ccc(S(=O)(=O)NC(CCCN)C(=O)N[C@@H](Cc2cccnc2)C(N)=O)c2ccccc12. The first-order chi connectivity index (χ1) is 16.2. The predicted octanol–water partition coefficient (Wildman–Crippen LogP) is 1.14. The quantitative estimate of drug-likeness (QED) is 0.320. The van der Waals surface area contributed by atoms with Crippen LogP contribution < -0.4 is 21.5 Å². The second-order valence-electron chi connectivity index (χ2n) is 8.06. The number of rotatable bonds is 11. The van der Waals surface area contributed by atoms with Gasteiger partial charge in [-0.15, -0.1) is 0 Å². The van der Waals surface area contributed by atoms with Crippen molar-refractivity contribution >= 4 is 32.6 Å². The molecule has 2 atom stereocenters. The van der Waals surface area contributed by atoms with Crippen LogP contribution in [0.25, 0.3) is 10.8 Å². The van der Waals surface area contributed by atoms with Crippen LogP contribution in [0.1, 0.15) is 24.0 Å². The maximum atomic E-state index is 13.3. The number of nitrogens with one attached hydrogen (secondary N) is 2. The van der Waals surface area contributed by atoms with Crippen LogP contribution >= 0.6 is 0 Å². The molecule has 0 bridgehead atoms. The number of primary amides is 1. The molecule has 3 rings (SSSR count). The number of hydrogen-bond donors (Lipinski definition) is 4. The Morgan fingerprint density at radius 2 is 1.76 bits per heavy atom. The zero-order valence-electron chi connectivity index (χ0n) is 18.9. The highest BCUT2D eigenvalue weighted by atomic mass is 32.2. The van der Waals surface area contributed by atoms with Gasteiger partial charge in [-0.25, -0.2) is 8.42 Å². The number of aromatic nitrogens is 1. The van der Waals surface area contributed by atoms with Crippen LogP contribution in [0.4, 0.5) is 0 Å². The monoisotopic (exact) mass is 483 g/mol. The van der Waals surface area contributed by atoms with Crippen molar-refractivity contribution in [3.8, 4) is 0 Å². The molecule has 1 unspecified atom stereocenters. The number of hydrogen-bond acceptors (Lipinski definition) is 6. The van der Waals surface area contributed by atoms with E-state index >= 15 is 0 Å². The van der Waals surface area contributed by atoms with E-state index in [4.69, 9.17) is 11.5 Å². The Morgan fingerprint density at radius 3 is 2.41 bits per heavy atom. The van der Waals surface area contributed by atoms with E-state index in [0.717, 1.165) is 10.9 Å². The fourth-order valence-corrected chi connectivity index (χ4v) is 5.16. The van der Waals surface area contributed by atoms with Gasteiger partial charge in [-0.1, -0.05) is 36.4 Å². The fourth-order valence-electron chi connectivity index (χ4n) is 3.72. The lowest BCUT2D eigenvalue weighted by molar-refractivity contribution is -0.128. The number of carbonyl (C=O) groups is 2. The minimum absolute atomic E-state index is 0.0704. The van der Waals surface area contributed by atoms with Gasteiger partial charge < -0.3 is 16.8 Å². The summed E-state index contributed by atoms with van der Waals surface area (Å²) in [6.45, 7) is 2.17. The Hall–Kier alpha value is -3.34. The summed E-state index contributed by atoms with van der Waals surface area (Å²) in [5, 5.41) is 3.94. The average molecular weight is 484 g/mol. The molecule has 180 valence electrons. The van der Waals surface area contributed by atoms with E-state index < -0.39 is 33.9 Å². The molecule has 2 aromatic carbocycles. The topological polar surface area (TPSA) is 157 Å². The fraction of sp³-hybridized carbons (Fsp3) is 0.292. The van der Waals surface area contributed by atoms with Gasteiger partial charge in [-0.05, 0) is 55.0 Å². The lowest BCUT2D eigenvalue weighted by Crippen LogP contribution is -2.53. The van der Waals surface area contributed by atoms with E-state index in [1.165, 1.54) is 6.07 Å². The molecule has 0 aliphatic heterocycles. The van der Waals surface area contributed by atoms with E-state index in [1.807, 2.05) is 19.1 Å². The molecule has 34 heavy (non-hydrogen) atoms. The maximum absolute atomic E-state index is 13.3. The second kappa shape index (κ2) is 11.2. The number of pyridine rings is 1. The number of amides is 2. The van der Waals surface area contributed by atoms with E-state index in [1.54, 1.807) is 42.7 Å². The molecule has 2 amide bonds. The molecule has 0 aliphatic rings. The van der Waals surface area contributed by atoms with Crippen molar-refractivity contribution in [1.29, 1.82) is 0 Å². The van der Waals surface area contributed by atoms with Crippen LogP contribution in [0, 0.1) is 6.92 Å². The van der Waals surface area contributed by atoms with Crippen LogP contribution in [0.3, 0.4) is 0 Å². The number of nitrogens with zero attached hydrogens (tertiary/aromatic N) is 1. The highest BCUT2D eigenvalue weighted by molar-refractivity contribution is 7.89. The van der Waals surface area contributed by atoms with Crippen LogP contribution in [-0.4, -0.2) is 43.8 Å². The van der Waals surface area contributed by atoms with Gasteiger partial charge in [0.2, 0.25) is 21.8 Å². The smallest absolute Gasteiger partial charge is 0.241 e. The largest absolute Gasteiger partial charge is 0.368 e. The lowest BCUT2D eigenvalue weighted by atomic mass is 10.1. The molecule has 3 aromatic rings. The predicted molar refractivity (Wildman–Crippen MR) is 130 cm³/mol. The third kappa shape index (κ3) is 6.16. The van der Waals surface area contributed by atoms with Gasteiger partial charge in [-0.2, -0.15) is 4.72 Å². The average Bonchev–Trinajstić information content (AvgIpc) is 2.82. The number of carbonyl (C=O) groups excluding carboxylic acids is 2. The van der Waals surface area contributed by atoms with Crippen LogP contribution in [0.15, 0.2) is 65.8 Å². The summed E-state index contributed by atoms with van der Waals surface area (Å²) < 4.78 is 29.2. The minimum atomic E-state index is -4.07. The molecule has 9 nitrogen and oxygen atoms in total. The zero-order valence-corrected chi connectivity index (χ0v) is 19.7. The number of benzene rings is 2. The standard InChI is InChI=1S/C24H29N5O4S/c1-16-10-11-22(19-8-3-2-7-18(16)19)34(32,33)29-20(9-4-12-25)24(31)28-21(23(26)30)14-17-6-5-13-27-15-17/h2-3,5-8,10-11,13,15,20-21,29H,4,9,12,14,25H2,1H3,(H2,26,30)(H,28,31)/t20?,21-/m0/s1. The number of fused-ring (bicyclic) bond motifs is 1. The summed E-state index contributed by atoms with van der Waals surface area (Å²) in [6.07, 6.45) is 3.85. The van der Waals surface area contributed by atoms with Gasteiger partial charge in [-0.3, -0.25) is 14.6 Å². The van der Waals surface area contributed by atoms with E-state index in [9.17, 15) is 18.0 Å². The molecule has 0 radical (unpaired) electrons. The summed E-state index contributed by atoms with van der Waals surface area (Å²) in [7, 11) is -4.07. The van der Waals surface area contributed by atoms with Crippen LogP contribution in [0.2, 0.25) is 0 Å². The molecule has 10 heteroatoms. The summed E-state index contributed by atoms with van der Waals surface area (Å²) in [6, 6.07) is 11.7. The van der Waals surface area contributed by atoms with Crippen molar-refractivity contribution in [2.24, 2.45) is 11.5 Å². The highest BCUT2D eigenvalue weighted by Gasteiger charge is 2.29. The first-order valence-corrected chi connectivity index (χ1v) is 12.4.